The largest absolute Gasteiger partial charge is 0.455 e. The van der Waals surface area contributed by atoms with Crippen molar-refractivity contribution in [1.82, 2.24) is 5.32 Å². The Labute approximate surface area is 184 Å². The van der Waals surface area contributed by atoms with Crippen molar-refractivity contribution in [3.05, 3.63) is 95.6 Å². The topological polar surface area (TPSA) is 111 Å². The van der Waals surface area contributed by atoms with Gasteiger partial charge in [0.15, 0.2) is 6.10 Å². The molecule has 0 aromatic heterocycles. The van der Waals surface area contributed by atoms with E-state index >= 15 is 0 Å². The molecule has 1 fully saturated rings. The van der Waals surface area contributed by atoms with Gasteiger partial charge in [-0.05, 0) is 27.8 Å². The van der Waals surface area contributed by atoms with E-state index in [2.05, 4.69) is 5.32 Å². The summed E-state index contributed by atoms with van der Waals surface area (Å²) in [5.74, 6) is -0.618. The van der Waals surface area contributed by atoms with Gasteiger partial charge in [-0.25, -0.2) is 4.79 Å². The van der Waals surface area contributed by atoms with Crippen molar-refractivity contribution in [3.8, 4) is 11.1 Å². The maximum Gasteiger partial charge on any atom is 0.404 e. The highest BCUT2D eigenvalue weighted by molar-refractivity contribution is 5.85. The van der Waals surface area contributed by atoms with E-state index in [0.717, 1.165) is 27.8 Å². The fourth-order valence-corrected chi connectivity index (χ4v) is 4.79. The molecular weight excluding hydrogens is 408 g/mol. The van der Waals surface area contributed by atoms with Gasteiger partial charge in [0, 0.05) is 0 Å². The molecule has 1 saturated heterocycles. The molecule has 2 aliphatic rings. The quantitative estimate of drug-likeness (QED) is 0.536. The molecule has 1 aliphatic heterocycles. The first kappa shape index (κ1) is 20.2. The zero-order valence-corrected chi connectivity index (χ0v) is 17.1. The van der Waals surface area contributed by atoms with Gasteiger partial charge in [-0.2, -0.15) is 0 Å². The van der Waals surface area contributed by atoms with E-state index in [1.165, 1.54) is 0 Å². The van der Waals surface area contributed by atoms with Crippen LogP contribution in [-0.2, 0) is 19.8 Å². The SMILES string of the molecule is NC(=O)OC[C@@H]1OC(=O)[C@@H](NC2(c3ccccc3)c3ccccc3-c3ccccc32)[C@@H]1O. The van der Waals surface area contributed by atoms with Crippen molar-refractivity contribution < 1.29 is 24.2 Å². The van der Waals surface area contributed by atoms with E-state index in [1.807, 2.05) is 78.9 Å². The summed E-state index contributed by atoms with van der Waals surface area (Å²) in [4.78, 5) is 23.8. The molecule has 1 heterocycles. The van der Waals surface area contributed by atoms with Crippen LogP contribution in [-0.4, -0.2) is 42.0 Å². The van der Waals surface area contributed by atoms with Gasteiger partial charge < -0.3 is 20.3 Å². The van der Waals surface area contributed by atoms with Gasteiger partial charge in [-0.15, -0.1) is 0 Å². The Morgan fingerprint density at radius 3 is 2.12 bits per heavy atom. The number of hydrogen-bond acceptors (Lipinski definition) is 6. The van der Waals surface area contributed by atoms with Gasteiger partial charge in [0.1, 0.15) is 18.8 Å². The summed E-state index contributed by atoms with van der Waals surface area (Å²) in [5, 5.41) is 14.4. The molecule has 1 aliphatic carbocycles. The Bertz CT molecular complexity index is 1130. The molecule has 3 atom stereocenters. The van der Waals surface area contributed by atoms with Crippen LogP contribution in [0.5, 0.6) is 0 Å². The number of carbonyl (C=O) groups excluding carboxylic acids is 2. The van der Waals surface area contributed by atoms with Crippen molar-refractivity contribution >= 4 is 12.1 Å². The summed E-state index contributed by atoms with van der Waals surface area (Å²) in [6.45, 7) is -0.314. The summed E-state index contributed by atoms with van der Waals surface area (Å²) in [7, 11) is 0. The number of fused-ring (bicyclic) bond motifs is 3. The van der Waals surface area contributed by atoms with Crippen LogP contribution in [0.25, 0.3) is 11.1 Å². The van der Waals surface area contributed by atoms with Crippen molar-refractivity contribution in [3.63, 3.8) is 0 Å². The average Bonchev–Trinajstić information content (AvgIpc) is 3.25. The number of carbonyl (C=O) groups is 2. The number of primary amides is 1. The van der Waals surface area contributed by atoms with Crippen LogP contribution in [0, 0.1) is 0 Å². The highest BCUT2D eigenvalue weighted by atomic mass is 16.6. The number of nitrogens with two attached hydrogens (primary N) is 1. The highest BCUT2D eigenvalue weighted by Crippen LogP contribution is 2.51. The number of benzene rings is 3. The minimum Gasteiger partial charge on any atom is -0.455 e. The molecule has 0 saturated carbocycles. The van der Waals surface area contributed by atoms with E-state index in [9.17, 15) is 14.7 Å². The van der Waals surface area contributed by atoms with E-state index in [0.29, 0.717) is 0 Å². The second-order valence-corrected chi connectivity index (χ2v) is 7.93. The van der Waals surface area contributed by atoms with Gasteiger partial charge in [-0.3, -0.25) is 10.1 Å². The fraction of sp³-hybridized carbons (Fsp3) is 0.200. The lowest BCUT2D eigenvalue weighted by molar-refractivity contribution is -0.144. The number of ether oxygens (including phenoxy) is 2. The minimum absolute atomic E-state index is 0.314. The van der Waals surface area contributed by atoms with Crippen LogP contribution >= 0.6 is 0 Å². The number of aliphatic hydroxyl groups is 1. The van der Waals surface area contributed by atoms with Crippen molar-refractivity contribution in [2.24, 2.45) is 5.73 Å². The van der Waals surface area contributed by atoms with Crippen LogP contribution in [0.3, 0.4) is 0 Å². The van der Waals surface area contributed by atoms with E-state index in [-0.39, 0.29) is 6.61 Å². The third kappa shape index (κ3) is 3.05. The van der Waals surface area contributed by atoms with Crippen LogP contribution in [0.4, 0.5) is 4.79 Å². The molecular formula is C25H22N2O5. The lowest BCUT2D eigenvalue weighted by Gasteiger charge is -2.36. The fourth-order valence-electron chi connectivity index (χ4n) is 4.79. The van der Waals surface area contributed by atoms with Crippen LogP contribution in [0.2, 0.25) is 0 Å². The third-order valence-electron chi connectivity index (χ3n) is 6.16. The molecule has 5 rings (SSSR count). The number of nitrogens with one attached hydrogen (secondary N) is 1. The molecule has 1 amide bonds. The molecule has 32 heavy (non-hydrogen) atoms. The number of aliphatic hydroxyl groups excluding tert-OH is 1. The lowest BCUT2D eigenvalue weighted by Crippen LogP contribution is -2.54. The Kier molecular flexibility index (Phi) is 4.92. The highest BCUT2D eigenvalue weighted by Gasteiger charge is 2.52. The van der Waals surface area contributed by atoms with E-state index < -0.39 is 35.9 Å². The zero-order valence-electron chi connectivity index (χ0n) is 17.1. The lowest BCUT2D eigenvalue weighted by atomic mass is 9.79. The normalized spacial score (nSPS) is 22.7. The van der Waals surface area contributed by atoms with Gasteiger partial charge >= 0.3 is 12.1 Å². The van der Waals surface area contributed by atoms with E-state index in [4.69, 9.17) is 15.2 Å². The third-order valence-corrected chi connectivity index (χ3v) is 6.16. The van der Waals surface area contributed by atoms with Crippen molar-refractivity contribution in [2.45, 2.75) is 23.8 Å². The molecule has 162 valence electrons. The zero-order chi connectivity index (χ0) is 22.3. The molecule has 0 bridgehead atoms. The maximum atomic E-state index is 12.8. The molecule has 3 aromatic carbocycles. The molecule has 0 radical (unpaired) electrons. The van der Waals surface area contributed by atoms with E-state index in [1.54, 1.807) is 0 Å². The standard InChI is InChI=1S/C25H22N2O5/c26-24(30)31-14-20-22(28)21(23(29)32-20)27-25(15-8-2-1-3-9-15)18-12-6-4-10-16(18)17-11-5-7-13-19(17)25/h1-13,20-22,27-28H,14H2,(H2,26,30)/t20-,21-,22+/m0/s1. The first-order valence-corrected chi connectivity index (χ1v) is 10.4. The summed E-state index contributed by atoms with van der Waals surface area (Å²) >= 11 is 0. The molecule has 7 nitrogen and oxygen atoms in total. The first-order chi connectivity index (χ1) is 15.5. The van der Waals surface area contributed by atoms with Crippen LogP contribution < -0.4 is 11.1 Å². The smallest absolute Gasteiger partial charge is 0.404 e. The van der Waals surface area contributed by atoms with Crippen LogP contribution in [0.15, 0.2) is 78.9 Å². The monoisotopic (exact) mass is 430 g/mol. The first-order valence-electron chi connectivity index (χ1n) is 10.4. The summed E-state index contributed by atoms with van der Waals surface area (Å²) in [6.07, 6.45) is -3.24. The molecule has 7 heteroatoms. The van der Waals surface area contributed by atoms with Gasteiger partial charge in [-0.1, -0.05) is 78.9 Å². The van der Waals surface area contributed by atoms with Gasteiger partial charge in [0.2, 0.25) is 0 Å². The molecule has 0 unspecified atom stereocenters. The van der Waals surface area contributed by atoms with Crippen molar-refractivity contribution in [1.29, 1.82) is 0 Å². The number of esters is 1. The van der Waals surface area contributed by atoms with Crippen molar-refractivity contribution in [2.75, 3.05) is 6.61 Å². The second-order valence-electron chi connectivity index (χ2n) is 7.93. The average molecular weight is 430 g/mol. The summed E-state index contributed by atoms with van der Waals surface area (Å²) < 4.78 is 10.1. The molecule has 4 N–H and O–H groups in total. The summed E-state index contributed by atoms with van der Waals surface area (Å²) in [6, 6.07) is 24.8. The maximum absolute atomic E-state index is 12.8. The predicted octanol–water partition coefficient (Wildman–Crippen LogP) is 2.30. The number of amides is 1. The minimum atomic E-state index is -1.23. The second kappa shape index (κ2) is 7.78. The van der Waals surface area contributed by atoms with Gasteiger partial charge in [0.05, 0.1) is 5.54 Å². The Hall–Kier alpha value is -3.68. The molecule has 0 spiro atoms. The molecule has 3 aromatic rings. The van der Waals surface area contributed by atoms with Gasteiger partial charge in [0.25, 0.3) is 0 Å². The predicted molar refractivity (Wildman–Crippen MR) is 117 cm³/mol. The Morgan fingerprint density at radius 2 is 1.53 bits per heavy atom. The Morgan fingerprint density at radius 1 is 0.969 bits per heavy atom. The van der Waals surface area contributed by atoms with Crippen LogP contribution in [0.1, 0.15) is 16.7 Å². The Balaban J connectivity index is 1.63. The number of hydrogen-bond donors (Lipinski definition) is 3. The summed E-state index contributed by atoms with van der Waals surface area (Å²) in [5.41, 5.74) is 9.11. The number of rotatable bonds is 5. The number of cyclic esters (lactones) is 1.